The summed E-state index contributed by atoms with van der Waals surface area (Å²) in [6.45, 7) is 0. The second-order valence-corrected chi connectivity index (χ2v) is 5.77. The highest BCUT2D eigenvalue weighted by molar-refractivity contribution is 5.75. The highest BCUT2D eigenvalue weighted by Gasteiger charge is 2.27. The molecule has 1 atom stereocenters. The van der Waals surface area contributed by atoms with Crippen LogP contribution >= 0.6 is 0 Å². The van der Waals surface area contributed by atoms with Gasteiger partial charge in [0.2, 0.25) is 0 Å². The largest absolute Gasteiger partial charge is 0.507 e. The minimum Gasteiger partial charge on any atom is -0.507 e. The van der Waals surface area contributed by atoms with Crippen molar-refractivity contribution in [1.29, 1.82) is 0 Å². The average Bonchev–Trinajstić information content (AvgIpc) is 3.09. The van der Waals surface area contributed by atoms with Gasteiger partial charge in [0.1, 0.15) is 5.75 Å². The zero-order valence-corrected chi connectivity index (χ0v) is 13.1. The Morgan fingerprint density at radius 2 is 1.38 bits per heavy atom. The van der Waals surface area contributed by atoms with Gasteiger partial charge in [-0.05, 0) is 35.9 Å². The van der Waals surface area contributed by atoms with Crippen molar-refractivity contribution < 1.29 is 5.11 Å². The van der Waals surface area contributed by atoms with E-state index >= 15 is 0 Å². The molecule has 0 bridgehead atoms. The molecular weight excluding hydrogens is 296 g/mol. The zero-order valence-electron chi connectivity index (χ0n) is 13.1. The van der Waals surface area contributed by atoms with Gasteiger partial charge >= 0.3 is 0 Å². The second kappa shape index (κ2) is 6.13. The molecule has 3 heteroatoms. The van der Waals surface area contributed by atoms with Gasteiger partial charge in [0, 0.05) is 5.56 Å². The molecule has 1 unspecified atom stereocenters. The van der Waals surface area contributed by atoms with Gasteiger partial charge in [0.15, 0.2) is 0 Å². The third-order valence-electron chi connectivity index (χ3n) is 4.21. The third kappa shape index (κ3) is 2.61. The molecular formula is C21H18N2O. The number of nitrogens with zero attached hydrogens (tertiary/aromatic N) is 1. The molecule has 0 amide bonds. The van der Waals surface area contributed by atoms with Gasteiger partial charge in [-0.15, -0.1) is 0 Å². The van der Waals surface area contributed by atoms with Gasteiger partial charge in [-0.3, -0.25) is 10.4 Å². The van der Waals surface area contributed by atoms with E-state index in [4.69, 9.17) is 0 Å². The van der Waals surface area contributed by atoms with Crippen molar-refractivity contribution >= 4 is 11.4 Å². The fourth-order valence-electron chi connectivity index (χ4n) is 3.03. The molecule has 0 aromatic heterocycles. The number of hydrogen-bond acceptors (Lipinski definition) is 3. The number of benzene rings is 3. The number of hydrazine groups is 1. The van der Waals surface area contributed by atoms with Crippen molar-refractivity contribution in [2.24, 2.45) is 0 Å². The predicted octanol–water partition coefficient (Wildman–Crippen LogP) is 4.50. The summed E-state index contributed by atoms with van der Waals surface area (Å²) in [6, 6.07) is 28.0. The molecule has 1 aliphatic rings. The Labute approximate surface area is 141 Å². The van der Waals surface area contributed by atoms with Crippen LogP contribution in [0.15, 0.2) is 91.0 Å². The number of nitrogens with one attached hydrogen (secondary N) is 1. The molecule has 1 heterocycles. The van der Waals surface area contributed by atoms with Crippen molar-refractivity contribution in [1.82, 2.24) is 5.43 Å². The van der Waals surface area contributed by atoms with E-state index in [1.165, 1.54) is 5.56 Å². The van der Waals surface area contributed by atoms with Gasteiger partial charge in [0.25, 0.3) is 0 Å². The lowest BCUT2D eigenvalue weighted by Gasteiger charge is -2.27. The minimum absolute atomic E-state index is 0.0585. The molecule has 3 nitrogen and oxygen atoms in total. The highest BCUT2D eigenvalue weighted by atomic mass is 16.3. The topological polar surface area (TPSA) is 35.5 Å². The van der Waals surface area contributed by atoms with E-state index < -0.39 is 0 Å². The summed E-state index contributed by atoms with van der Waals surface area (Å²) < 4.78 is 0. The maximum Gasteiger partial charge on any atom is 0.124 e. The van der Waals surface area contributed by atoms with Crippen LogP contribution in [-0.4, -0.2) is 5.11 Å². The Balaban J connectivity index is 1.77. The van der Waals surface area contributed by atoms with E-state index in [0.29, 0.717) is 0 Å². The molecule has 2 N–H and O–H groups in total. The lowest BCUT2D eigenvalue weighted by molar-refractivity contribution is 0.473. The first-order chi connectivity index (χ1) is 11.8. The zero-order chi connectivity index (χ0) is 16.4. The molecule has 3 aromatic carbocycles. The van der Waals surface area contributed by atoms with Crippen LogP contribution in [0.3, 0.4) is 0 Å². The van der Waals surface area contributed by atoms with Gasteiger partial charge in [0.05, 0.1) is 17.4 Å². The van der Waals surface area contributed by atoms with Crippen LogP contribution in [0.25, 0.3) is 5.70 Å². The Morgan fingerprint density at radius 3 is 2.08 bits per heavy atom. The molecule has 4 rings (SSSR count). The van der Waals surface area contributed by atoms with Crippen LogP contribution in [0.2, 0.25) is 0 Å². The Kier molecular flexibility index (Phi) is 3.67. The van der Waals surface area contributed by atoms with E-state index in [0.717, 1.165) is 16.9 Å². The van der Waals surface area contributed by atoms with Crippen LogP contribution < -0.4 is 10.4 Å². The van der Waals surface area contributed by atoms with E-state index in [1.54, 1.807) is 6.07 Å². The lowest BCUT2D eigenvalue weighted by Crippen LogP contribution is -2.33. The normalized spacial score (nSPS) is 16.6. The minimum atomic E-state index is 0.0585. The number of hydrogen-bond donors (Lipinski definition) is 2. The Morgan fingerprint density at radius 1 is 0.750 bits per heavy atom. The first-order valence-electron chi connectivity index (χ1n) is 7.99. The van der Waals surface area contributed by atoms with Crippen LogP contribution in [0.5, 0.6) is 5.75 Å². The number of anilines is 1. The molecule has 0 saturated carbocycles. The van der Waals surface area contributed by atoms with Gasteiger partial charge in [-0.2, -0.15) is 0 Å². The van der Waals surface area contributed by atoms with Gasteiger partial charge in [-0.25, -0.2) is 0 Å². The standard InChI is InChI=1S/C21H18N2O/c24-21-14-8-7-13-18(21)19-15-20(16-9-3-1-4-10-16)23(22-19)17-11-5-2-6-12-17/h1-15,20,22,24H. The van der Waals surface area contributed by atoms with Crippen LogP contribution in [0.1, 0.15) is 17.2 Å². The van der Waals surface area contributed by atoms with Crippen LogP contribution in [-0.2, 0) is 0 Å². The van der Waals surface area contributed by atoms with Crippen molar-refractivity contribution in [3.05, 3.63) is 102 Å². The summed E-state index contributed by atoms with van der Waals surface area (Å²) in [5.74, 6) is 0.276. The molecule has 3 aromatic rings. The maximum absolute atomic E-state index is 10.2. The molecule has 0 spiro atoms. The van der Waals surface area contributed by atoms with Crippen molar-refractivity contribution in [3.63, 3.8) is 0 Å². The molecule has 0 saturated heterocycles. The number of phenols is 1. The smallest absolute Gasteiger partial charge is 0.124 e. The number of para-hydroxylation sites is 2. The average molecular weight is 314 g/mol. The summed E-state index contributed by atoms with van der Waals surface area (Å²) in [4.78, 5) is 0. The summed E-state index contributed by atoms with van der Waals surface area (Å²) in [7, 11) is 0. The number of phenolic OH excluding ortho intramolecular Hbond substituents is 1. The summed E-state index contributed by atoms with van der Waals surface area (Å²) in [5.41, 5.74) is 7.43. The molecule has 118 valence electrons. The predicted molar refractivity (Wildman–Crippen MR) is 97.3 cm³/mol. The SMILES string of the molecule is Oc1ccccc1C1=CC(c2ccccc2)N(c2ccccc2)N1. The lowest BCUT2D eigenvalue weighted by atomic mass is 10.0. The Bertz CT molecular complexity index is 859. The molecule has 1 aliphatic heterocycles. The molecule has 0 radical (unpaired) electrons. The van der Waals surface area contributed by atoms with Crippen LogP contribution in [0, 0.1) is 0 Å². The Hall–Kier alpha value is -3.20. The molecule has 0 fully saturated rings. The fraction of sp³-hybridized carbons (Fsp3) is 0.0476. The van der Waals surface area contributed by atoms with E-state index in [-0.39, 0.29) is 11.8 Å². The van der Waals surface area contributed by atoms with E-state index in [9.17, 15) is 5.11 Å². The molecule has 24 heavy (non-hydrogen) atoms. The summed E-state index contributed by atoms with van der Waals surface area (Å²) in [6.07, 6.45) is 2.15. The third-order valence-corrected chi connectivity index (χ3v) is 4.21. The second-order valence-electron chi connectivity index (χ2n) is 5.77. The molecule has 0 aliphatic carbocycles. The fourth-order valence-corrected chi connectivity index (χ4v) is 3.03. The van der Waals surface area contributed by atoms with Crippen molar-refractivity contribution in [3.8, 4) is 5.75 Å². The number of aromatic hydroxyl groups is 1. The first-order valence-corrected chi connectivity index (χ1v) is 7.99. The van der Waals surface area contributed by atoms with E-state index in [2.05, 4.69) is 40.8 Å². The summed E-state index contributed by atoms with van der Waals surface area (Å²) in [5, 5.41) is 12.3. The van der Waals surface area contributed by atoms with Crippen molar-refractivity contribution in [2.75, 3.05) is 5.01 Å². The quantitative estimate of drug-likeness (QED) is 0.747. The van der Waals surface area contributed by atoms with Crippen LogP contribution in [0.4, 0.5) is 5.69 Å². The van der Waals surface area contributed by atoms with Gasteiger partial charge in [-0.1, -0.05) is 60.7 Å². The van der Waals surface area contributed by atoms with E-state index in [1.807, 2.05) is 54.6 Å². The van der Waals surface area contributed by atoms with Crippen molar-refractivity contribution in [2.45, 2.75) is 6.04 Å². The summed E-state index contributed by atoms with van der Waals surface area (Å²) >= 11 is 0. The maximum atomic E-state index is 10.2. The highest BCUT2D eigenvalue weighted by Crippen LogP contribution is 2.36. The van der Waals surface area contributed by atoms with Gasteiger partial charge < -0.3 is 5.11 Å². The number of rotatable bonds is 3. The monoisotopic (exact) mass is 314 g/mol. The first kappa shape index (κ1) is 14.4.